The average Bonchev–Trinajstić information content (AvgIpc) is 2.41. The number of anilines is 1. The van der Waals surface area contributed by atoms with Gasteiger partial charge in [-0.15, -0.1) is 0 Å². The predicted molar refractivity (Wildman–Crippen MR) is 83.7 cm³/mol. The van der Waals surface area contributed by atoms with E-state index in [2.05, 4.69) is 38.2 Å². The van der Waals surface area contributed by atoms with E-state index in [1.54, 1.807) is 0 Å². The standard InChI is InChI=1S/C17H29NO/c1-4-5-6-7-10-13-17(3,14-19)18-16-12-9-8-11-15(16)2/h8-9,11-12,18-19H,4-7,10,13-14H2,1-3H3. The van der Waals surface area contributed by atoms with Crippen LogP contribution in [0.25, 0.3) is 0 Å². The van der Waals surface area contributed by atoms with E-state index in [4.69, 9.17) is 0 Å². The Morgan fingerprint density at radius 1 is 1.11 bits per heavy atom. The van der Waals surface area contributed by atoms with Crippen LogP contribution in [0, 0.1) is 6.92 Å². The molecule has 0 heterocycles. The van der Waals surface area contributed by atoms with Crippen LogP contribution in [-0.2, 0) is 0 Å². The molecule has 1 rings (SSSR count). The van der Waals surface area contributed by atoms with Crippen molar-refractivity contribution in [1.82, 2.24) is 0 Å². The van der Waals surface area contributed by atoms with Crippen LogP contribution in [0.4, 0.5) is 5.69 Å². The van der Waals surface area contributed by atoms with Gasteiger partial charge in [0.25, 0.3) is 0 Å². The molecule has 0 aromatic heterocycles. The summed E-state index contributed by atoms with van der Waals surface area (Å²) in [7, 11) is 0. The summed E-state index contributed by atoms with van der Waals surface area (Å²) in [6, 6.07) is 8.26. The maximum Gasteiger partial charge on any atom is 0.0658 e. The normalized spacial score (nSPS) is 14.1. The zero-order chi connectivity index (χ0) is 14.1. The zero-order valence-electron chi connectivity index (χ0n) is 12.7. The summed E-state index contributed by atoms with van der Waals surface area (Å²) in [5, 5.41) is 13.2. The van der Waals surface area contributed by atoms with E-state index in [-0.39, 0.29) is 12.1 Å². The molecule has 1 aromatic carbocycles. The molecule has 0 aliphatic rings. The molecular weight excluding hydrogens is 234 g/mol. The van der Waals surface area contributed by atoms with Crippen LogP contribution in [-0.4, -0.2) is 17.3 Å². The fraction of sp³-hybridized carbons (Fsp3) is 0.647. The molecule has 0 saturated carbocycles. The highest BCUT2D eigenvalue weighted by Crippen LogP contribution is 2.23. The lowest BCUT2D eigenvalue weighted by molar-refractivity contribution is 0.211. The molecular formula is C17H29NO. The van der Waals surface area contributed by atoms with Gasteiger partial charge in [0, 0.05) is 5.69 Å². The number of aliphatic hydroxyl groups excluding tert-OH is 1. The summed E-state index contributed by atoms with van der Waals surface area (Å²) in [6.07, 6.45) is 7.36. The lowest BCUT2D eigenvalue weighted by Gasteiger charge is -2.31. The molecule has 1 unspecified atom stereocenters. The molecule has 108 valence electrons. The molecule has 0 spiro atoms. The summed E-state index contributed by atoms with van der Waals surface area (Å²) in [5.74, 6) is 0. The summed E-state index contributed by atoms with van der Waals surface area (Å²) in [4.78, 5) is 0. The summed E-state index contributed by atoms with van der Waals surface area (Å²) < 4.78 is 0. The Hall–Kier alpha value is -1.02. The highest BCUT2D eigenvalue weighted by atomic mass is 16.3. The molecule has 0 bridgehead atoms. The van der Waals surface area contributed by atoms with Crippen molar-refractivity contribution in [2.45, 2.75) is 64.8 Å². The third-order valence-electron chi connectivity index (χ3n) is 3.76. The van der Waals surface area contributed by atoms with Crippen LogP contribution in [0.2, 0.25) is 0 Å². The van der Waals surface area contributed by atoms with Crippen molar-refractivity contribution in [2.75, 3.05) is 11.9 Å². The minimum atomic E-state index is -0.210. The van der Waals surface area contributed by atoms with Crippen molar-refractivity contribution in [2.24, 2.45) is 0 Å². The second-order valence-corrected chi connectivity index (χ2v) is 5.82. The summed E-state index contributed by atoms with van der Waals surface area (Å²) in [6.45, 7) is 6.62. The topological polar surface area (TPSA) is 32.3 Å². The average molecular weight is 263 g/mol. The molecule has 1 aromatic rings. The minimum Gasteiger partial charge on any atom is -0.394 e. The van der Waals surface area contributed by atoms with Gasteiger partial charge < -0.3 is 10.4 Å². The first-order valence-corrected chi connectivity index (χ1v) is 7.56. The number of aliphatic hydroxyl groups is 1. The van der Waals surface area contributed by atoms with E-state index < -0.39 is 0 Å². The number of aryl methyl sites for hydroxylation is 1. The predicted octanol–water partition coefficient (Wildman–Crippen LogP) is 4.52. The smallest absolute Gasteiger partial charge is 0.0658 e. The van der Waals surface area contributed by atoms with Gasteiger partial charge in [0.05, 0.1) is 12.1 Å². The first-order chi connectivity index (χ1) is 9.11. The highest BCUT2D eigenvalue weighted by molar-refractivity contribution is 5.52. The molecule has 0 aliphatic carbocycles. The van der Waals surface area contributed by atoms with Crippen molar-refractivity contribution in [1.29, 1.82) is 0 Å². The lowest BCUT2D eigenvalue weighted by Crippen LogP contribution is -2.39. The van der Waals surface area contributed by atoms with Gasteiger partial charge in [-0.25, -0.2) is 0 Å². The van der Waals surface area contributed by atoms with Gasteiger partial charge in [-0.3, -0.25) is 0 Å². The van der Waals surface area contributed by atoms with E-state index in [9.17, 15) is 5.11 Å². The van der Waals surface area contributed by atoms with Gasteiger partial charge in [0.15, 0.2) is 0 Å². The van der Waals surface area contributed by atoms with Crippen LogP contribution in [0.1, 0.15) is 57.9 Å². The molecule has 0 radical (unpaired) electrons. The number of hydrogen-bond acceptors (Lipinski definition) is 2. The van der Waals surface area contributed by atoms with Gasteiger partial charge in [-0.2, -0.15) is 0 Å². The Labute approximate surface area is 118 Å². The van der Waals surface area contributed by atoms with Crippen LogP contribution in [0.5, 0.6) is 0 Å². The van der Waals surface area contributed by atoms with Gasteiger partial charge in [-0.1, -0.05) is 57.2 Å². The third-order valence-corrected chi connectivity index (χ3v) is 3.76. The molecule has 2 nitrogen and oxygen atoms in total. The maximum atomic E-state index is 9.68. The first kappa shape index (κ1) is 16.0. The monoisotopic (exact) mass is 263 g/mol. The van der Waals surface area contributed by atoms with Crippen LogP contribution < -0.4 is 5.32 Å². The molecule has 0 amide bonds. The summed E-state index contributed by atoms with van der Waals surface area (Å²) in [5.41, 5.74) is 2.15. The number of unbranched alkanes of at least 4 members (excludes halogenated alkanes) is 4. The van der Waals surface area contributed by atoms with Crippen LogP contribution in [0.15, 0.2) is 24.3 Å². The van der Waals surface area contributed by atoms with Crippen molar-refractivity contribution in [3.63, 3.8) is 0 Å². The van der Waals surface area contributed by atoms with E-state index in [1.165, 1.54) is 37.7 Å². The number of hydrogen-bond donors (Lipinski definition) is 2. The number of nitrogens with one attached hydrogen (secondary N) is 1. The van der Waals surface area contributed by atoms with Crippen LogP contribution >= 0.6 is 0 Å². The number of para-hydroxylation sites is 1. The Balaban J connectivity index is 2.48. The molecule has 0 aliphatic heterocycles. The molecule has 2 heteroatoms. The second kappa shape index (κ2) is 8.21. The minimum absolute atomic E-state index is 0.176. The number of benzene rings is 1. The highest BCUT2D eigenvalue weighted by Gasteiger charge is 2.22. The number of rotatable bonds is 9. The Morgan fingerprint density at radius 3 is 2.42 bits per heavy atom. The van der Waals surface area contributed by atoms with Crippen molar-refractivity contribution in [3.8, 4) is 0 Å². The largest absolute Gasteiger partial charge is 0.394 e. The molecule has 19 heavy (non-hydrogen) atoms. The third kappa shape index (κ3) is 5.65. The van der Waals surface area contributed by atoms with Gasteiger partial charge in [-0.05, 0) is 31.9 Å². The molecule has 0 saturated heterocycles. The summed E-state index contributed by atoms with van der Waals surface area (Å²) >= 11 is 0. The quantitative estimate of drug-likeness (QED) is 0.642. The van der Waals surface area contributed by atoms with Crippen LogP contribution in [0.3, 0.4) is 0 Å². The first-order valence-electron chi connectivity index (χ1n) is 7.56. The lowest BCUT2D eigenvalue weighted by atomic mass is 9.94. The van der Waals surface area contributed by atoms with Crippen molar-refractivity contribution < 1.29 is 5.11 Å². The van der Waals surface area contributed by atoms with Gasteiger partial charge in [0.1, 0.15) is 0 Å². The van der Waals surface area contributed by atoms with E-state index >= 15 is 0 Å². The van der Waals surface area contributed by atoms with E-state index in [0.29, 0.717) is 0 Å². The molecule has 2 N–H and O–H groups in total. The van der Waals surface area contributed by atoms with Crippen molar-refractivity contribution in [3.05, 3.63) is 29.8 Å². The van der Waals surface area contributed by atoms with Crippen molar-refractivity contribution >= 4 is 5.69 Å². The SMILES string of the molecule is CCCCCCCC(C)(CO)Nc1ccccc1C. The Morgan fingerprint density at radius 2 is 1.79 bits per heavy atom. The Bertz CT molecular complexity index is 364. The molecule has 1 atom stereocenters. The Kier molecular flexibility index (Phi) is 6.93. The van der Waals surface area contributed by atoms with E-state index in [1.807, 2.05) is 12.1 Å². The van der Waals surface area contributed by atoms with Gasteiger partial charge in [0.2, 0.25) is 0 Å². The molecule has 0 fully saturated rings. The van der Waals surface area contributed by atoms with Gasteiger partial charge >= 0.3 is 0 Å². The fourth-order valence-electron chi connectivity index (χ4n) is 2.34. The van der Waals surface area contributed by atoms with E-state index in [0.717, 1.165) is 12.1 Å². The second-order valence-electron chi connectivity index (χ2n) is 5.82. The maximum absolute atomic E-state index is 9.68. The fourth-order valence-corrected chi connectivity index (χ4v) is 2.34. The zero-order valence-corrected chi connectivity index (χ0v) is 12.7.